The number of piperidine rings is 1. The third-order valence-corrected chi connectivity index (χ3v) is 5.14. The zero-order valence-electron chi connectivity index (χ0n) is 15.2. The molecule has 2 aliphatic rings. The van der Waals surface area contributed by atoms with Crippen LogP contribution in [0.1, 0.15) is 44.6 Å². The highest BCUT2D eigenvalue weighted by atomic mass is 16.5. The van der Waals surface area contributed by atoms with Crippen LogP contribution in [0.25, 0.3) is 0 Å². The summed E-state index contributed by atoms with van der Waals surface area (Å²) < 4.78 is 11.8. The lowest BCUT2D eigenvalue weighted by molar-refractivity contribution is 0.000795. The SMILES string of the molecule is CCC1CC(NC(=O)N2CCC(Oc3ccncc3C)CC2)CCO1. The molecule has 1 aromatic heterocycles. The van der Waals surface area contributed by atoms with E-state index in [0.717, 1.165) is 63.1 Å². The van der Waals surface area contributed by atoms with Gasteiger partial charge in [0.2, 0.25) is 0 Å². The largest absolute Gasteiger partial charge is 0.490 e. The molecule has 3 rings (SSSR count). The summed E-state index contributed by atoms with van der Waals surface area (Å²) in [5.74, 6) is 0.894. The van der Waals surface area contributed by atoms with Crippen LogP contribution in [-0.4, -0.2) is 53.9 Å². The highest BCUT2D eigenvalue weighted by Gasteiger charge is 2.28. The number of pyridine rings is 1. The highest BCUT2D eigenvalue weighted by Crippen LogP contribution is 2.22. The van der Waals surface area contributed by atoms with Crippen LogP contribution in [-0.2, 0) is 4.74 Å². The number of amides is 2. The number of nitrogens with zero attached hydrogens (tertiary/aromatic N) is 2. The topological polar surface area (TPSA) is 63.7 Å². The average Bonchev–Trinajstić information content (AvgIpc) is 2.64. The predicted octanol–water partition coefficient (Wildman–Crippen LogP) is 2.90. The van der Waals surface area contributed by atoms with Crippen LogP contribution in [0.5, 0.6) is 5.75 Å². The van der Waals surface area contributed by atoms with E-state index in [9.17, 15) is 4.79 Å². The number of rotatable bonds is 4. The monoisotopic (exact) mass is 347 g/mol. The minimum Gasteiger partial charge on any atom is -0.490 e. The number of nitrogens with one attached hydrogen (secondary N) is 1. The van der Waals surface area contributed by atoms with Crippen LogP contribution in [0, 0.1) is 6.92 Å². The van der Waals surface area contributed by atoms with E-state index in [4.69, 9.17) is 9.47 Å². The van der Waals surface area contributed by atoms with Crippen molar-refractivity contribution in [2.75, 3.05) is 19.7 Å². The molecule has 0 saturated carbocycles. The lowest BCUT2D eigenvalue weighted by atomic mass is 10.0. The molecule has 0 aromatic carbocycles. The lowest BCUT2D eigenvalue weighted by Gasteiger charge is -2.35. The first-order chi connectivity index (χ1) is 12.2. The molecule has 0 spiro atoms. The Morgan fingerprint density at radius 2 is 2.20 bits per heavy atom. The fourth-order valence-corrected chi connectivity index (χ4v) is 3.51. The number of urea groups is 1. The van der Waals surface area contributed by atoms with Gasteiger partial charge in [-0.15, -0.1) is 0 Å². The molecule has 6 heteroatoms. The van der Waals surface area contributed by atoms with E-state index >= 15 is 0 Å². The smallest absolute Gasteiger partial charge is 0.317 e. The molecule has 2 amide bonds. The maximum Gasteiger partial charge on any atom is 0.317 e. The van der Waals surface area contributed by atoms with Gasteiger partial charge in [-0.2, -0.15) is 0 Å². The maximum absolute atomic E-state index is 12.5. The van der Waals surface area contributed by atoms with Crippen molar-refractivity contribution in [3.05, 3.63) is 24.0 Å². The molecule has 1 N–H and O–H groups in total. The number of hydrogen-bond acceptors (Lipinski definition) is 4. The number of ether oxygens (including phenoxy) is 2. The van der Waals surface area contributed by atoms with Gasteiger partial charge in [0.05, 0.1) is 6.10 Å². The first kappa shape index (κ1) is 18.0. The number of likely N-dealkylation sites (tertiary alicyclic amines) is 1. The molecule has 0 aliphatic carbocycles. The van der Waals surface area contributed by atoms with Crippen LogP contribution in [0.2, 0.25) is 0 Å². The van der Waals surface area contributed by atoms with Gasteiger partial charge in [-0.1, -0.05) is 6.92 Å². The Kier molecular flexibility index (Phi) is 6.13. The van der Waals surface area contributed by atoms with Gasteiger partial charge in [0.15, 0.2) is 0 Å². The second kappa shape index (κ2) is 8.52. The summed E-state index contributed by atoms with van der Waals surface area (Å²) in [6.07, 6.45) is 8.56. The summed E-state index contributed by atoms with van der Waals surface area (Å²) in [5.41, 5.74) is 1.05. The van der Waals surface area contributed by atoms with Gasteiger partial charge >= 0.3 is 6.03 Å². The number of aromatic nitrogens is 1. The van der Waals surface area contributed by atoms with Gasteiger partial charge in [-0.05, 0) is 32.3 Å². The Morgan fingerprint density at radius 1 is 1.40 bits per heavy atom. The van der Waals surface area contributed by atoms with Gasteiger partial charge in [0, 0.05) is 56.5 Å². The van der Waals surface area contributed by atoms with E-state index in [-0.39, 0.29) is 24.3 Å². The quantitative estimate of drug-likeness (QED) is 0.910. The fourth-order valence-electron chi connectivity index (χ4n) is 3.51. The number of carbonyl (C=O) groups excluding carboxylic acids is 1. The molecular weight excluding hydrogens is 318 g/mol. The van der Waals surface area contributed by atoms with Crippen molar-refractivity contribution in [2.45, 2.75) is 64.2 Å². The molecule has 25 heavy (non-hydrogen) atoms. The molecule has 2 saturated heterocycles. The van der Waals surface area contributed by atoms with Gasteiger partial charge in [-0.3, -0.25) is 4.98 Å². The van der Waals surface area contributed by atoms with Crippen molar-refractivity contribution in [3.8, 4) is 5.75 Å². The van der Waals surface area contributed by atoms with Crippen LogP contribution in [0.15, 0.2) is 18.5 Å². The lowest BCUT2D eigenvalue weighted by Crippen LogP contribution is -2.51. The van der Waals surface area contributed by atoms with Crippen LogP contribution in [0.4, 0.5) is 4.79 Å². The Balaban J connectivity index is 1.44. The zero-order chi connectivity index (χ0) is 17.6. The Hall–Kier alpha value is -1.82. The molecule has 2 unspecified atom stereocenters. The van der Waals surface area contributed by atoms with Crippen LogP contribution in [0.3, 0.4) is 0 Å². The Morgan fingerprint density at radius 3 is 2.92 bits per heavy atom. The number of aryl methyl sites for hydroxylation is 1. The first-order valence-electron chi connectivity index (χ1n) is 9.40. The third kappa shape index (κ3) is 4.84. The van der Waals surface area contributed by atoms with Gasteiger partial charge < -0.3 is 19.7 Å². The van der Waals surface area contributed by atoms with Crippen LogP contribution >= 0.6 is 0 Å². The third-order valence-electron chi connectivity index (χ3n) is 5.14. The molecule has 0 radical (unpaired) electrons. The molecule has 138 valence electrons. The van der Waals surface area contributed by atoms with E-state index < -0.39 is 0 Å². The molecule has 2 fully saturated rings. The van der Waals surface area contributed by atoms with Crippen LogP contribution < -0.4 is 10.1 Å². The molecule has 0 bridgehead atoms. The minimum atomic E-state index is 0.0558. The van der Waals surface area contributed by atoms with E-state index in [1.165, 1.54) is 0 Å². The predicted molar refractivity (Wildman–Crippen MR) is 95.8 cm³/mol. The van der Waals surface area contributed by atoms with Crippen molar-refractivity contribution in [1.29, 1.82) is 0 Å². The van der Waals surface area contributed by atoms with Crippen molar-refractivity contribution in [2.24, 2.45) is 0 Å². The van der Waals surface area contributed by atoms with Crippen molar-refractivity contribution < 1.29 is 14.3 Å². The van der Waals surface area contributed by atoms with Crippen molar-refractivity contribution >= 4 is 6.03 Å². The summed E-state index contributed by atoms with van der Waals surface area (Å²) in [5, 5.41) is 3.18. The minimum absolute atomic E-state index is 0.0558. The second-order valence-corrected chi connectivity index (χ2v) is 7.02. The molecule has 1 aromatic rings. The summed E-state index contributed by atoms with van der Waals surface area (Å²) >= 11 is 0. The first-order valence-corrected chi connectivity index (χ1v) is 9.40. The fraction of sp³-hybridized carbons (Fsp3) is 0.684. The molecular formula is C19H29N3O3. The van der Waals surface area contributed by atoms with E-state index in [1.807, 2.05) is 24.1 Å². The number of carbonyl (C=O) groups is 1. The summed E-state index contributed by atoms with van der Waals surface area (Å²) in [7, 11) is 0. The Labute approximate surface area is 149 Å². The number of hydrogen-bond donors (Lipinski definition) is 1. The van der Waals surface area contributed by atoms with Gasteiger partial charge in [0.1, 0.15) is 11.9 Å². The van der Waals surface area contributed by atoms with E-state index in [0.29, 0.717) is 0 Å². The molecule has 3 heterocycles. The van der Waals surface area contributed by atoms with Gasteiger partial charge in [-0.25, -0.2) is 4.79 Å². The highest BCUT2D eigenvalue weighted by molar-refractivity contribution is 5.74. The zero-order valence-corrected chi connectivity index (χ0v) is 15.2. The molecule has 2 aliphatic heterocycles. The summed E-state index contributed by atoms with van der Waals surface area (Å²) in [4.78, 5) is 18.5. The summed E-state index contributed by atoms with van der Waals surface area (Å²) in [6.45, 7) is 6.35. The normalized spacial score (nSPS) is 24.8. The van der Waals surface area contributed by atoms with Gasteiger partial charge in [0.25, 0.3) is 0 Å². The second-order valence-electron chi connectivity index (χ2n) is 7.02. The van der Waals surface area contributed by atoms with E-state index in [1.54, 1.807) is 6.20 Å². The van der Waals surface area contributed by atoms with Crippen molar-refractivity contribution in [3.63, 3.8) is 0 Å². The van der Waals surface area contributed by atoms with E-state index in [2.05, 4.69) is 17.2 Å². The molecule has 6 nitrogen and oxygen atoms in total. The standard InChI is InChI=1S/C19H29N3O3/c1-3-16-12-15(7-11-24-16)21-19(23)22-9-5-17(6-10-22)25-18-4-8-20-13-14(18)2/h4,8,13,15-17H,3,5-7,9-12H2,1-2H3,(H,21,23). The Bertz CT molecular complexity index is 573. The maximum atomic E-state index is 12.5. The molecule has 2 atom stereocenters. The average molecular weight is 347 g/mol. The van der Waals surface area contributed by atoms with Crippen molar-refractivity contribution in [1.82, 2.24) is 15.2 Å². The summed E-state index contributed by atoms with van der Waals surface area (Å²) in [6, 6.07) is 2.20.